The Morgan fingerprint density at radius 3 is 2.91 bits per heavy atom. The van der Waals surface area contributed by atoms with Crippen molar-refractivity contribution in [3.8, 4) is 0 Å². The van der Waals surface area contributed by atoms with E-state index >= 15 is 0 Å². The summed E-state index contributed by atoms with van der Waals surface area (Å²) in [6.07, 6.45) is 3.29. The highest BCUT2D eigenvalue weighted by molar-refractivity contribution is 8.55. The Balaban J connectivity index is 3.82. The molecule has 0 saturated carbocycles. The van der Waals surface area contributed by atoms with E-state index in [1.807, 2.05) is 0 Å². The number of hydrogen-bond donors (Lipinski definition) is 1. The molecule has 11 heavy (non-hydrogen) atoms. The molecule has 0 saturated heterocycles. The van der Waals surface area contributed by atoms with Crippen LogP contribution in [0.25, 0.3) is 0 Å². The van der Waals surface area contributed by atoms with Crippen LogP contribution in [0.2, 0.25) is 0 Å². The Morgan fingerprint density at radius 1 is 1.82 bits per heavy atom. The second kappa shape index (κ2) is 5.33. The van der Waals surface area contributed by atoms with Crippen LogP contribution < -0.4 is 0 Å². The molecular formula is C5H8NO3PS. The lowest BCUT2D eigenvalue weighted by molar-refractivity contribution is 0.497. The predicted molar refractivity (Wildman–Crippen MR) is 45.2 cm³/mol. The molecule has 1 atom stereocenters. The molecule has 0 aliphatic heterocycles. The highest BCUT2D eigenvalue weighted by atomic mass is 32.7. The summed E-state index contributed by atoms with van der Waals surface area (Å²) in [5.74, 6) is 0.433. The quantitative estimate of drug-likeness (QED) is 0.237. The molecule has 0 fully saturated rings. The van der Waals surface area contributed by atoms with Crippen molar-refractivity contribution in [2.24, 2.45) is 4.76 Å². The fraction of sp³-hybridized carbons (Fsp3) is 0.400. The van der Waals surface area contributed by atoms with Gasteiger partial charge in [0.1, 0.15) is 0 Å². The van der Waals surface area contributed by atoms with Crippen LogP contribution in [0.4, 0.5) is 0 Å². The van der Waals surface area contributed by atoms with Crippen LogP contribution in [0.5, 0.6) is 0 Å². The van der Waals surface area contributed by atoms with Crippen LogP contribution in [-0.2, 0) is 9.36 Å². The molecule has 0 heterocycles. The standard InChI is InChI=1S/C5H8NO3PS/c1-2-3-4-11-10(8,9)6-5-7/h2H,1,3-4H2,(H,8,9). The molecule has 0 radical (unpaired) electrons. The zero-order valence-corrected chi connectivity index (χ0v) is 7.48. The molecule has 0 bridgehead atoms. The van der Waals surface area contributed by atoms with Crippen molar-refractivity contribution in [1.82, 2.24) is 0 Å². The summed E-state index contributed by atoms with van der Waals surface area (Å²) < 4.78 is 13.5. The van der Waals surface area contributed by atoms with Crippen LogP contribution in [0, 0.1) is 0 Å². The van der Waals surface area contributed by atoms with E-state index in [1.165, 1.54) is 0 Å². The van der Waals surface area contributed by atoms with Gasteiger partial charge in [0.05, 0.1) is 0 Å². The van der Waals surface area contributed by atoms with E-state index in [4.69, 9.17) is 4.89 Å². The normalized spacial score (nSPS) is 14.6. The van der Waals surface area contributed by atoms with Gasteiger partial charge in [0.25, 0.3) is 0 Å². The lowest BCUT2D eigenvalue weighted by atomic mass is 10.5. The lowest BCUT2D eigenvalue weighted by Crippen LogP contribution is -1.74. The Morgan fingerprint density at radius 2 is 2.45 bits per heavy atom. The minimum Gasteiger partial charge on any atom is -0.320 e. The monoisotopic (exact) mass is 193 g/mol. The molecular weight excluding hydrogens is 185 g/mol. The first-order valence-electron chi connectivity index (χ1n) is 2.80. The number of isocyanates is 1. The van der Waals surface area contributed by atoms with Crippen molar-refractivity contribution in [2.45, 2.75) is 6.42 Å². The highest BCUT2D eigenvalue weighted by Gasteiger charge is 2.15. The molecule has 1 unspecified atom stereocenters. The van der Waals surface area contributed by atoms with E-state index in [9.17, 15) is 9.36 Å². The fourth-order valence-electron chi connectivity index (χ4n) is 0.335. The second-order valence-corrected chi connectivity index (χ2v) is 5.64. The second-order valence-electron chi connectivity index (χ2n) is 1.59. The maximum atomic E-state index is 10.7. The number of nitrogens with zero attached hydrogens (tertiary/aromatic N) is 1. The van der Waals surface area contributed by atoms with Crippen molar-refractivity contribution in [3.63, 3.8) is 0 Å². The van der Waals surface area contributed by atoms with Gasteiger partial charge >= 0.3 is 6.72 Å². The minimum absolute atomic E-state index is 0.433. The number of carbonyl (C=O) groups excluding carboxylic acids is 1. The van der Waals surface area contributed by atoms with E-state index < -0.39 is 6.72 Å². The zero-order valence-electron chi connectivity index (χ0n) is 5.77. The largest absolute Gasteiger partial charge is 0.379 e. The molecule has 0 aliphatic rings. The van der Waals surface area contributed by atoms with Crippen molar-refractivity contribution in [2.75, 3.05) is 5.75 Å². The Labute approximate surface area is 68.7 Å². The highest BCUT2D eigenvalue weighted by Crippen LogP contribution is 2.55. The lowest BCUT2D eigenvalue weighted by Gasteiger charge is -1.99. The van der Waals surface area contributed by atoms with Crippen molar-refractivity contribution in [3.05, 3.63) is 12.7 Å². The first kappa shape index (κ1) is 10.7. The van der Waals surface area contributed by atoms with Gasteiger partial charge in [0, 0.05) is 5.75 Å². The van der Waals surface area contributed by atoms with Crippen molar-refractivity contribution < 1.29 is 14.3 Å². The molecule has 0 amide bonds. The maximum Gasteiger partial charge on any atom is 0.379 e. The predicted octanol–water partition coefficient (Wildman–Crippen LogP) is 1.73. The molecule has 0 aliphatic carbocycles. The van der Waals surface area contributed by atoms with Gasteiger partial charge in [-0.3, -0.25) is 4.57 Å². The SMILES string of the molecule is C=CCCSP(=O)(O)N=C=O. The molecule has 0 spiro atoms. The van der Waals surface area contributed by atoms with Gasteiger partial charge in [-0.2, -0.15) is 0 Å². The van der Waals surface area contributed by atoms with Gasteiger partial charge in [-0.25, -0.2) is 4.79 Å². The van der Waals surface area contributed by atoms with Crippen molar-refractivity contribution in [1.29, 1.82) is 0 Å². The Kier molecular flexibility index (Phi) is 5.16. The van der Waals surface area contributed by atoms with Gasteiger partial charge in [-0.15, -0.1) is 11.3 Å². The van der Waals surface area contributed by atoms with Gasteiger partial charge in [0.2, 0.25) is 6.08 Å². The Bertz CT molecular complexity index is 224. The summed E-state index contributed by atoms with van der Waals surface area (Å²) in [7, 11) is 0. The zero-order chi connectivity index (χ0) is 8.74. The number of rotatable bonds is 5. The summed E-state index contributed by atoms with van der Waals surface area (Å²) >= 11 is 0.739. The maximum absolute atomic E-state index is 10.7. The third kappa shape index (κ3) is 6.07. The van der Waals surface area contributed by atoms with Gasteiger partial charge in [-0.1, -0.05) is 6.08 Å². The third-order valence-electron chi connectivity index (χ3n) is 0.749. The summed E-state index contributed by atoms with van der Waals surface area (Å²) in [5.41, 5.74) is 0. The molecule has 62 valence electrons. The average molecular weight is 193 g/mol. The van der Waals surface area contributed by atoms with E-state index in [0.717, 1.165) is 17.5 Å². The van der Waals surface area contributed by atoms with E-state index in [1.54, 1.807) is 6.08 Å². The summed E-state index contributed by atoms with van der Waals surface area (Å²) in [5, 5.41) is 0. The molecule has 6 heteroatoms. The third-order valence-corrected chi connectivity index (χ3v) is 3.64. The molecule has 0 aromatic rings. The van der Waals surface area contributed by atoms with Gasteiger partial charge in [0.15, 0.2) is 0 Å². The molecule has 0 rings (SSSR count). The molecule has 1 N–H and O–H groups in total. The minimum atomic E-state index is -3.65. The molecule has 0 aromatic carbocycles. The summed E-state index contributed by atoms with van der Waals surface area (Å²) in [6.45, 7) is -0.218. The average Bonchev–Trinajstić information content (AvgIpc) is 1.87. The van der Waals surface area contributed by atoms with Crippen LogP contribution in [0.1, 0.15) is 6.42 Å². The number of allylic oxidation sites excluding steroid dienone is 1. The van der Waals surface area contributed by atoms with Gasteiger partial charge in [-0.05, 0) is 17.8 Å². The van der Waals surface area contributed by atoms with Gasteiger partial charge < -0.3 is 4.89 Å². The fourth-order valence-corrected chi connectivity index (χ4v) is 2.31. The number of hydrogen-bond acceptors (Lipinski definition) is 3. The van der Waals surface area contributed by atoms with E-state index in [-0.39, 0.29) is 0 Å². The first-order valence-corrected chi connectivity index (χ1v) is 6.00. The smallest absolute Gasteiger partial charge is 0.320 e. The van der Waals surface area contributed by atoms with E-state index in [0.29, 0.717) is 12.2 Å². The van der Waals surface area contributed by atoms with Crippen LogP contribution in [0.3, 0.4) is 0 Å². The van der Waals surface area contributed by atoms with E-state index in [2.05, 4.69) is 11.3 Å². The summed E-state index contributed by atoms with van der Waals surface area (Å²) in [6, 6.07) is 0. The molecule has 4 nitrogen and oxygen atoms in total. The first-order chi connectivity index (χ1) is 5.12. The van der Waals surface area contributed by atoms with Crippen LogP contribution in [-0.4, -0.2) is 16.7 Å². The van der Waals surface area contributed by atoms with Crippen LogP contribution >= 0.6 is 18.1 Å². The molecule has 0 aromatic heterocycles. The topological polar surface area (TPSA) is 66.7 Å². The van der Waals surface area contributed by atoms with Crippen molar-refractivity contribution >= 4 is 24.2 Å². The summed E-state index contributed by atoms with van der Waals surface area (Å²) in [4.78, 5) is 18.4. The van der Waals surface area contributed by atoms with Crippen LogP contribution in [0.15, 0.2) is 17.4 Å². The Hall–Kier alpha value is -0.340.